The molecule has 19 heavy (non-hydrogen) atoms. The topological polar surface area (TPSA) is 57.3 Å². The summed E-state index contributed by atoms with van der Waals surface area (Å²) in [6, 6.07) is 7.53. The molecule has 0 bridgehead atoms. The van der Waals surface area contributed by atoms with Crippen LogP contribution >= 0.6 is 0 Å². The van der Waals surface area contributed by atoms with Gasteiger partial charge in [-0.2, -0.15) is 0 Å². The number of carbonyl (C=O) groups is 1. The lowest BCUT2D eigenvalue weighted by Gasteiger charge is -2.01. The van der Waals surface area contributed by atoms with Crippen LogP contribution in [0.3, 0.4) is 0 Å². The van der Waals surface area contributed by atoms with Gasteiger partial charge in [-0.15, -0.1) is 0 Å². The number of furan rings is 1. The van der Waals surface area contributed by atoms with Crippen molar-refractivity contribution in [3.8, 4) is 0 Å². The third-order valence-electron chi connectivity index (χ3n) is 2.90. The maximum absolute atomic E-state index is 11.4. The molecule has 0 atom stereocenters. The molecular formula is C14H12N2O3. The highest BCUT2D eigenvalue weighted by atomic mass is 16.5. The van der Waals surface area contributed by atoms with Crippen LogP contribution in [0.2, 0.25) is 0 Å². The van der Waals surface area contributed by atoms with E-state index in [0.29, 0.717) is 12.1 Å². The molecule has 2 heterocycles. The van der Waals surface area contributed by atoms with Gasteiger partial charge in [0.05, 0.1) is 13.4 Å². The number of esters is 1. The molecule has 96 valence electrons. The van der Waals surface area contributed by atoms with Gasteiger partial charge in [-0.1, -0.05) is 12.1 Å². The van der Waals surface area contributed by atoms with Crippen LogP contribution in [0, 0.1) is 0 Å². The molecule has 0 N–H and O–H groups in total. The van der Waals surface area contributed by atoms with Gasteiger partial charge < -0.3 is 13.7 Å². The van der Waals surface area contributed by atoms with Gasteiger partial charge in [0.25, 0.3) is 0 Å². The second kappa shape index (κ2) is 4.61. The Morgan fingerprint density at radius 3 is 3.05 bits per heavy atom. The summed E-state index contributed by atoms with van der Waals surface area (Å²) in [7, 11) is 1.33. The number of ether oxygens (including phenoxy) is 1. The molecule has 1 aromatic carbocycles. The molecule has 0 fully saturated rings. The Bertz CT molecular complexity index is 713. The predicted octanol–water partition coefficient (Wildman–Crippen LogP) is 2.46. The lowest BCUT2D eigenvalue weighted by atomic mass is 10.1. The van der Waals surface area contributed by atoms with Crippen LogP contribution in [-0.2, 0) is 11.3 Å². The van der Waals surface area contributed by atoms with Crippen molar-refractivity contribution in [3.63, 3.8) is 0 Å². The maximum atomic E-state index is 11.4. The SMILES string of the molecule is COC(=O)c1cc2ccc(Cn3ccnc3)cc2o1. The summed E-state index contributed by atoms with van der Waals surface area (Å²) in [6.45, 7) is 0.712. The first-order valence-corrected chi connectivity index (χ1v) is 5.83. The van der Waals surface area contributed by atoms with Crippen LogP contribution < -0.4 is 0 Å². The Kier molecular flexibility index (Phi) is 2.79. The van der Waals surface area contributed by atoms with E-state index in [1.165, 1.54) is 7.11 Å². The molecule has 3 aromatic rings. The number of benzene rings is 1. The standard InChI is InChI=1S/C14H12N2O3/c1-18-14(17)13-7-11-3-2-10(6-12(11)19-13)8-16-5-4-15-9-16/h2-7,9H,8H2,1H3. The van der Waals surface area contributed by atoms with E-state index in [1.54, 1.807) is 18.6 Å². The number of hydrogen-bond donors (Lipinski definition) is 0. The van der Waals surface area contributed by atoms with E-state index in [2.05, 4.69) is 9.72 Å². The lowest BCUT2D eigenvalue weighted by molar-refractivity contribution is 0.0567. The number of fused-ring (bicyclic) bond motifs is 1. The summed E-state index contributed by atoms with van der Waals surface area (Å²) < 4.78 is 12.1. The molecule has 2 aromatic heterocycles. The number of rotatable bonds is 3. The van der Waals surface area contributed by atoms with Gasteiger partial charge in [-0.05, 0) is 17.7 Å². The fourth-order valence-electron chi connectivity index (χ4n) is 1.97. The predicted molar refractivity (Wildman–Crippen MR) is 68.9 cm³/mol. The Morgan fingerprint density at radius 2 is 2.32 bits per heavy atom. The molecule has 5 nitrogen and oxygen atoms in total. The third kappa shape index (κ3) is 2.22. The van der Waals surface area contributed by atoms with Crippen LogP contribution in [0.5, 0.6) is 0 Å². The first kappa shape index (κ1) is 11.5. The Hall–Kier alpha value is -2.56. The summed E-state index contributed by atoms with van der Waals surface area (Å²) in [5, 5.41) is 0.884. The van der Waals surface area contributed by atoms with E-state index in [0.717, 1.165) is 10.9 Å². The van der Waals surface area contributed by atoms with Gasteiger partial charge in [0.1, 0.15) is 5.58 Å². The normalized spacial score (nSPS) is 10.8. The molecule has 0 aliphatic rings. The molecule has 0 saturated carbocycles. The number of carbonyl (C=O) groups excluding carboxylic acids is 1. The molecule has 3 rings (SSSR count). The summed E-state index contributed by atoms with van der Waals surface area (Å²) in [6.07, 6.45) is 5.39. The van der Waals surface area contributed by atoms with Gasteiger partial charge in [0.15, 0.2) is 0 Å². The van der Waals surface area contributed by atoms with E-state index >= 15 is 0 Å². The van der Waals surface area contributed by atoms with E-state index in [-0.39, 0.29) is 5.76 Å². The second-order valence-electron chi connectivity index (χ2n) is 4.21. The van der Waals surface area contributed by atoms with Crippen molar-refractivity contribution in [1.82, 2.24) is 9.55 Å². The smallest absolute Gasteiger partial charge is 0.373 e. The van der Waals surface area contributed by atoms with Crippen LogP contribution in [0.15, 0.2) is 47.4 Å². The number of nitrogens with zero attached hydrogens (tertiary/aromatic N) is 2. The summed E-state index contributed by atoms with van der Waals surface area (Å²) in [5.74, 6) is -0.246. The van der Waals surface area contributed by atoms with Gasteiger partial charge in [-0.3, -0.25) is 0 Å². The van der Waals surface area contributed by atoms with E-state index in [1.807, 2.05) is 29.0 Å². The molecule has 0 amide bonds. The minimum absolute atomic E-state index is 0.220. The maximum Gasteiger partial charge on any atom is 0.373 e. The van der Waals surface area contributed by atoms with Crippen LogP contribution in [0.25, 0.3) is 11.0 Å². The van der Waals surface area contributed by atoms with Crippen molar-refractivity contribution < 1.29 is 13.9 Å². The molecule has 0 radical (unpaired) electrons. The first-order chi connectivity index (χ1) is 9.26. The molecule has 0 unspecified atom stereocenters. The highest BCUT2D eigenvalue weighted by Crippen LogP contribution is 2.21. The van der Waals surface area contributed by atoms with Crippen molar-refractivity contribution in [2.24, 2.45) is 0 Å². The van der Waals surface area contributed by atoms with Gasteiger partial charge in [0.2, 0.25) is 5.76 Å². The first-order valence-electron chi connectivity index (χ1n) is 5.83. The van der Waals surface area contributed by atoms with Crippen LogP contribution in [-0.4, -0.2) is 22.6 Å². The number of imidazole rings is 1. The van der Waals surface area contributed by atoms with Gasteiger partial charge in [0, 0.05) is 24.3 Å². The minimum atomic E-state index is -0.465. The van der Waals surface area contributed by atoms with Crippen molar-refractivity contribution in [1.29, 1.82) is 0 Å². The summed E-state index contributed by atoms with van der Waals surface area (Å²) in [4.78, 5) is 15.4. The van der Waals surface area contributed by atoms with Crippen LogP contribution in [0.4, 0.5) is 0 Å². The van der Waals surface area contributed by atoms with E-state index < -0.39 is 5.97 Å². The Balaban J connectivity index is 1.94. The average Bonchev–Trinajstić information content (AvgIpc) is 3.06. The highest BCUT2D eigenvalue weighted by molar-refractivity contribution is 5.92. The van der Waals surface area contributed by atoms with Crippen molar-refractivity contribution in [3.05, 3.63) is 54.3 Å². The molecule has 0 saturated heterocycles. The quantitative estimate of drug-likeness (QED) is 0.675. The molecule has 0 spiro atoms. The van der Waals surface area contributed by atoms with Crippen LogP contribution in [0.1, 0.15) is 16.1 Å². The zero-order valence-corrected chi connectivity index (χ0v) is 10.4. The summed E-state index contributed by atoms with van der Waals surface area (Å²) in [5.41, 5.74) is 1.76. The van der Waals surface area contributed by atoms with E-state index in [9.17, 15) is 4.79 Å². The largest absolute Gasteiger partial charge is 0.463 e. The number of methoxy groups -OCH3 is 1. The molecule has 0 aliphatic carbocycles. The zero-order valence-electron chi connectivity index (χ0n) is 10.4. The van der Waals surface area contributed by atoms with Crippen molar-refractivity contribution in [2.45, 2.75) is 6.54 Å². The minimum Gasteiger partial charge on any atom is -0.463 e. The fourth-order valence-corrected chi connectivity index (χ4v) is 1.97. The Labute approximate surface area is 109 Å². The zero-order chi connectivity index (χ0) is 13.2. The molecule has 0 aliphatic heterocycles. The lowest BCUT2D eigenvalue weighted by Crippen LogP contribution is -1.97. The van der Waals surface area contributed by atoms with Gasteiger partial charge in [-0.25, -0.2) is 9.78 Å². The van der Waals surface area contributed by atoms with Crippen molar-refractivity contribution >= 4 is 16.9 Å². The third-order valence-corrected chi connectivity index (χ3v) is 2.90. The second-order valence-corrected chi connectivity index (χ2v) is 4.21. The number of hydrogen-bond acceptors (Lipinski definition) is 4. The summed E-state index contributed by atoms with van der Waals surface area (Å²) >= 11 is 0. The fraction of sp³-hybridized carbons (Fsp3) is 0.143. The van der Waals surface area contributed by atoms with E-state index in [4.69, 9.17) is 4.42 Å². The Morgan fingerprint density at radius 1 is 1.42 bits per heavy atom. The molecule has 5 heteroatoms. The molecular weight excluding hydrogens is 244 g/mol. The van der Waals surface area contributed by atoms with Gasteiger partial charge >= 0.3 is 5.97 Å². The van der Waals surface area contributed by atoms with Crippen molar-refractivity contribution in [2.75, 3.05) is 7.11 Å². The monoisotopic (exact) mass is 256 g/mol. The highest BCUT2D eigenvalue weighted by Gasteiger charge is 2.12. The number of aromatic nitrogens is 2. The average molecular weight is 256 g/mol.